The van der Waals surface area contributed by atoms with Crippen molar-refractivity contribution in [3.8, 4) is 0 Å². The van der Waals surface area contributed by atoms with Gasteiger partial charge in [-0.3, -0.25) is 4.79 Å². The topological polar surface area (TPSA) is 51.2 Å². The molecule has 0 aromatic heterocycles. The highest BCUT2D eigenvalue weighted by Crippen LogP contribution is 2.33. The molecule has 0 bridgehead atoms. The molecule has 0 amide bonds. The van der Waals surface area contributed by atoms with Crippen molar-refractivity contribution in [1.29, 1.82) is 0 Å². The molecular weight excluding hydrogens is 307 g/mol. The highest BCUT2D eigenvalue weighted by Gasteiger charge is 2.23. The van der Waals surface area contributed by atoms with Gasteiger partial charge < -0.3 is 0 Å². The lowest BCUT2D eigenvalue weighted by Crippen LogP contribution is -2.04. The molecular formula is C13H8Cl2O3S. The molecule has 19 heavy (non-hydrogen) atoms. The second-order valence-corrected chi connectivity index (χ2v) is 6.41. The van der Waals surface area contributed by atoms with Crippen molar-refractivity contribution in [2.45, 2.75) is 9.79 Å². The lowest BCUT2D eigenvalue weighted by atomic mass is 10.2. The van der Waals surface area contributed by atoms with Crippen molar-refractivity contribution >= 4 is 39.3 Å². The molecule has 0 aliphatic rings. The third kappa shape index (κ3) is 2.52. The molecule has 2 aromatic rings. The van der Waals surface area contributed by atoms with E-state index in [0.717, 1.165) is 0 Å². The fourth-order valence-corrected chi connectivity index (χ4v) is 3.72. The third-order valence-corrected chi connectivity index (χ3v) is 5.21. The minimum Gasteiger partial charge on any atom is -0.298 e. The van der Waals surface area contributed by atoms with Gasteiger partial charge in [0.15, 0.2) is 6.29 Å². The van der Waals surface area contributed by atoms with Crippen LogP contribution in [0.4, 0.5) is 0 Å². The van der Waals surface area contributed by atoms with E-state index in [1.807, 2.05) is 0 Å². The lowest BCUT2D eigenvalue weighted by molar-refractivity contribution is 0.112. The largest absolute Gasteiger partial charge is 0.298 e. The quantitative estimate of drug-likeness (QED) is 0.813. The number of benzene rings is 2. The molecule has 0 aliphatic heterocycles. The molecule has 0 saturated heterocycles. The van der Waals surface area contributed by atoms with Gasteiger partial charge in [0.25, 0.3) is 0 Å². The molecule has 3 nitrogen and oxygen atoms in total. The number of aldehydes is 1. The number of hydrogen-bond donors (Lipinski definition) is 0. The summed E-state index contributed by atoms with van der Waals surface area (Å²) in [5, 5.41) is -0.0432. The Hall–Kier alpha value is -1.36. The van der Waals surface area contributed by atoms with Crippen LogP contribution in [0.5, 0.6) is 0 Å². The van der Waals surface area contributed by atoms with E-state index < -0.39 is 9.84 Å². The Bertz CT molecular complexity index is 725. The number of carbonyl (C=O) groups is 1. The van der Waals surface area contributed by atoms with Crippen LogP contribution in [-0.4, -0.2) is 14.7 Å². The molecule has 0 heterocycles. The number of rotatable bonds is 3. The fraction of sp³-hybridized carbons (Fsp3) is 0. The summed E-state index contributed by atoms with van der Waals surface area (Å²) in [6.45, 7) is 0. The van der Waals surface area contributed by atoms with E-state index in [9.17, 15) is 13.2 Å². The Kier molecular flexibility index (Phi) is 3.94. The number of sulfone groups is 1. The van der Waals surface area contributed by atoms with Crippen LogP contribution in [0.25, 0.3) is 0 Å². The summed E-state index contributed by atoms with van der Waals surface area (Å²) in [6.07, 6.45) is 0.439. The highest BCUT2D eigenvalue weighted by atomic mass is 35.5. The van der Waals surface area contributed by atoms with Gasteiger partial charge in [-0.2, -0.15) is 0 Å². The van der Waals surface area contributed by atoms with E-state index in [2.05, 4.69) is 0 Å². The van der Waals surface area contributed by atoms with Crippen molar-refractivity contribution in [1.82, 2.24) is 0 Å². The minimum absolute atomic E-state index is 0.0275. The molecule has 0 radical (unpaired) electrons. The molecule has 0 N–H and O–H groups in total. The first-order valence-corrected chi connectivity index (χ1v) is 7.45. The Morgan fingerprint density at radius 3 is 2.16 bits per heavy atom. The van der Waals surface area contributed by atoms with Crippen molar-refractivity contribution in [3.63, 3.8) is 0 Å². The molecule has 0 aliphatic carbocycles. The van der Waals surface area contributed by atoms with E-state index in [1.165, 1.54) is 24.3 Å². The first kappa shape index (κ1) is 14.1. The van der Waals surface area contributed by atoms with E-state index in [-0.39, 0.29) is 25.4 Å². The average Bonchev–Trinajstić information content (AvgIpc) is 2.40. The Labute approximate surface area is 120 Å². The third-order valence-electron chi connectivity index (χ3n) is 2.55. The Morgan fingerprint density at radius 1 is 0.947 bits per heavy atom. The lowest BCUT2D eigenvalue weighted by Gasteiger charge is -2.09. The zero-order valence-electron chi connectivity index (χ0n) is 9.51. The molecule has 0 atom stereocenters. The van der Waals surface area contributed by atoms with Crippen LogP contribution in [-0.2, 0) is 9.84 Å². The summed E-state index contributed by atoms with van der Waals surface area (Å²) in [4.78, 5) is 10.9. The fourth-order valence-electron chi connectivity index (χ4n) is 1.59. The van der Waals surface area contributed by atoms with Crippen LogP contribution in [0.2, 0.25) is 10.0 Å². The molecule has 0 spiro atoms. The molecule has 98 valence electrons. The monoisotopic (exact) mass is 314 g/mol. The molecule has 6 heteroatoms. The van der Waals surface area contributed by atoms with Crippen molar-refractivity contribution in [2.75, 3.05) is 0 Å². The van der Waals surface area contributed by atoms with Gasteiger partial charge in [-0.1, -0.05) is 41.4 Å². The standard InChI is InChI=1S/C13H8Cl2O3S/c14-11-6-7-12(13(15)10(11)8-16)19(17,18)9-4-2-1-3-5-9/h1-8H. The molecule has 0 fully saturated rings. The van der Waals surface area contributed by atoms with Crippen LogP contribution in [0.15, 0.2) is 52.3 Å². The summed E-state index contributed by atoms with van der Waals surface area (Å²) in [5.74, 6) is 0. The summed E-state index contributed by atoms with van der Waals surface area (Å²) in [6, 6.07) is 10.5. The van der Waals surface area contributed by atoms with Gasteiger partial charge in [0, 0.05) is 0 Å². The zero-order chi connectivity index (χ0) is 14.0. The maximum Gasteiger partial charge on any atom is 0.208 e. The summed E-state index contributed by atoms with van der Waals surface area (Å²) in [5.41, 5.74) is -0.0275. The van der Waals surface area contributed by atoms with Crippen molar-refractivity contribution < 1.29 is 13.2 Å². The van der Waals surface area contributed by atoms with Gasteiger partial charge in [-0.05, 0) is 24.3 Å². The summed E-state index contributed by atoms with van der Waals surface area (Å²) in [7, 11) is -3.77. The normalized spacial score (nSPS) is 11.3. The second-order valence-electron chi connectivity index (χ2n) is 3.71. The maximum atomic E-state index is 12.4. The number of carbonyl (C=O) groups excluding carboxylic acids is 1. The van der Waals surface area contributed by atoms with Crippen LogP contribution >= 0.6 is 23.2 Å². The van der Waals surface area contributed by atoms with E-state index in [0.29, 0.717) is 6.29 Å². The van der Waals surface area contributed by atoms with Crippen molar-refractivity contribution in [3.05, 3.63) is 58.1 Å². The minimum atomic E-state index is -3.77. The first-order valence-electron chi connectivity index (χ1n) is 5.22. The Morgan fingerprint density at radius 2 is 1.58 bits per heavy atom. The first-order chi connectivity index (χ1) is 8.98. The van der Waals surface area contributed by atoms with Crippen LogP contribution in [0.1, 0.15) is 10.4 Å². The summed E-state index contributed by atoms with van der Waals surface area (Å²) < 4.78 is 24.8. The average molecular weight is 315 g/mol. The van der Waals surface area contributed by atoms with Gasteiger partial charge in [0.1, 0.15) is 0 Å². The maximum absolute atomic E-state index is 12.4. The van der Waals surface area contributed by atoms with E-state index >= 15 is 0 Å². The molecule has 0 saturated carbocycles. The van der Waals surface area contributed by atoms with E-state index in [4.69, 9.17) is 23.2 Å². The van der Waals surface area contributed by atoms with E-state index in [1.54, 1.807) is 18.2 Å². The van der Waals surface area contributed by atoms with Gasteiger partial charge in [0.2, 0.25) is 9.84 Å². The predicted molar refractivity (Wildman–Crippen MR) is 73.7 cm³/mol. The SMILES string of the molecule is O=Cc1c(Cl)ccc(S(=O)(=O)c2ccccc2)c1Cl. The molecule has 0 unspecified atom stereocenters. The number of halogens is 2. The van der Waals surface area contributed by atoms with Gasteiger partial charge in [0.05, 0.1) is 25.4 Å². The second kappa shape index (κ2) is 5.33. The predicted octanol–water partition coefficient (Wildman–Crippen LogP) is 3.64. The van der Waals surface area contributed by atoms with Crippen LogP contribution in [0.3, 0.4) is 0 Å². The molecule has 2 rings (SSSR count). The molecule has 2 aromatic carbocycles. The highest BCUT2D eigenvalue weighted by molar-refractivity contribution is 7.91. The van der Waals surface area contributed by atoms with Crippen molar-refractivity contribution in [2.24, 2.45) is 0 Å². The summed E-state index contributed by atoms with van der Waals surface area (Å²) >= 11 is 11.7. The number of hydrogen-bond acceptors (Lipinski definition) is 3. The Balaban J connectivity index is 2.70. The van der Waals surface area contributed by atoms with Gasteiger partial charge in [-0.25, -0.2) is 8.42 Å². The smallest absolute Gasteiger partial charge is 0.208 e. The van der Waals surface area contributed by atoms with Crippen LogP contribution < -0.4 is 0 Å². The zero-order valence-corrected chi connectivity index (χ0v) is 11.8. The van der Waals surface area contributed by atoms with Crippen LogP contribution in [0, 0.1) is 0 Å². The van der Waals surface area contributed by atoms with Gasteiger partial charge >= 0.3 is 0 Å². The van der Waals surface area contributed by atoms with Gasteiger partial charge in [-0.15, -0.1) is 0 Å².